The fourth-order valence-corrected chi connectivity index (χ4v) is 9.03. The molecular formula is C42H49N3O5. The van der Waals surface area contributed by atoms with E-state index in [1.54, 1.807) is 26.9 Å². The summed E-state index contributed by atoms with van der Waals surface area (Å²) in [6, 6.07) is 23.6. The number of rotatable bonds is 14. The average Bonchev–Trinajstić information content (AvgIpc) is 3.73. The second-order valence-electron chi connectivity index (χ2n) is 14.1. The van der Waals surface area contributed by atoms with E-state index in [4.69, 9.17) is 4.74 Å². The lowest BCUT2D eigenvalue weighted by atomic mass is 9.64. The van der Waals surface area contributed by atoms with E-state index in [0.717, 1.165) is 27.9 Å². The molecule has 3 aliphatic rings. The molecule has 0 saturated carbocycles. The smallest absolute Gasteiger partial charge is 0.253 e. The van der Waals surface area contributed by atoms with E-state index >= 15 is 9.59 Å². The number of nitrogens with zero attached hydrogens (tertiary/aromatic N) is 3. The molecule has 2 unspecified atom stereocenters. The lowest BCUT2D eigenvalue weighted by Gasteiger charge is -2.40. The number of benzene rings is 3. The van der Waals surface area contributed by atoms with Gasteiger partial charge in [0.15, 0.2) is 0 Å². The number of carbonyl (C=O) groups is 3. The second-order valence-corrected chi connectivity index (χ2v) is 14.1. The van der Waals surface area contributed by atoms with Crippen LogP contribution in [0.5, 0.6) is 0 Å². The molecular weight excluding hydrogens is 626 g/mol. The van der Waals surface area contributed by atoms with E-state index in [1.165, 1.54) is 0 Å². The maximum atomic E-state index is 15.4. The third kappa shape index (κ3) is 5.88. The predicted octanol–water partition coefficient (Wildman–Crippen LogP) is 5.80. The van der Waals surface area contributed by atoms with Crippen LogP contribution in [0.25, 0.3) is 0 Å². The third-order valence-electron chi connectivity index (χ3n) is 11.2. The molecule has 2 bridgehead atoms. The Morgan fingerprint density at radius 2 is 1.54 bits per heavy atom. The summed E-state index contributed by atoms with van der Waals surface area (Å²) in [5.41, 5.74) is 2.34. The van der Waals surface area contributed by atoms with Gasteiger partial charge in [-0.3, -0.25) is 14.4 Å². The van der Waals surface area contributed by atoms with Crippen LogP contribution in [0.1, 0.15) is 48.4 Å². The Kier molecular flexibility index (Phi) is 10.1. The lowest BCUT2D eigenvalue weighted by Crippen LogP contribution is -2.59. The number of fused-ring (bicyclic) bond motifs is 1. The third-order valence-corrected chi connectivity index (χ3v) is 11.2. The number of aliphatic hydroxyl groups is 1. The van der Waals surface area contributed by atoms with Crippen molar-refractivity contribution in [1.82, 2.24) is 9.80 Å². The molecule has 50 heavy (non-hydrogen) atoms. The summed E-state index contributed by atoms with van der Waals surface area (Å²) in [7, 11) is 0. The Morgan fingerprint density at radius 1 is 0.920 bits per heavy atom. The molecule has 3 amide bonds. The van der Waals surface area contributed by atoms with Crippen molar-refractivity contribution in [3.8, 4) is 0 Å². The predicted molar refractivity (Wildman–Crippen MR) is 195 cm³/mol. The van der Waals surface area contributed by atoms with E-state index in [2.05, 4.69) is 13.2 Å². The first kappa shape index (κ1) is 35.3. The van der Waals surface area contributed by atoms with Crippen molar-refractivity contribution in [1.29, 1.82) is 0 Å². The minimum atomic E-state index is -1.25. The van der Waals surface area contributed by atoms with Gasteiger partial charge in [0.25, 0.3) is 5.91 Å². The lowest BCUT2D eigenvalue weighted by molar-refractivity contribution is -0.153. The monoisotopic (exact) mass is 675 g/mol. The summed E-state index contributed by atoms with van der Waals surface area (Å²) in [6.45, 7) is 14.4. The minimum absolute atomic E-state index is 0.176. The van der Waals surface area contributed by atoms with Crippen LogP contribution < -0.4 is 4.90 Å². The van der Waals surface area contributed by atoms with Gasteiger partial charge in [-0.05, 0) is 61.8 Å². The molecule has 3 aliphatic heterocycles. The standard InChI is InChI=1S/C42H49N3O5/c1-6-24-43(27-32-20-13-10-14-21-32)38(47)34-35-39(48)45(33(28-46)26-31-18-11-9-12-19-31)37(42(35)23-22-41(34,8-3)50-42)40(49)44(25-7-2)36-29(4)16-15-17-30(36)5/h6-7,9-21,33-35,37,46H,1-2,8,22-28H2,3-5H3/t33-,34+,35+,37?,41-,42?/m1/s1. The molecule has 3 aromatic carbocycles. The number of amides is 3. The largest absolute Gasteiger partial charge is 0.394 e. The number of ether oxygens (including phenoxy) is 1. The Morgan fingerprint density at radius 3 is 2.12 bits per heavy atom. The van der Waals surface area contributed by atoms with Crippen molar-refractivity contribution >= 4 is 23.4 Å². The van der Waals surface area contributed by atoms with Crippen LogP contribution >= 0.6 is 0 Å². The van der Waals surface area contributed by atoms with Crippen LogP contribution in [0.15, 0.2) is 104 Å². The van der Waals surface area contributed by atoms with E-state index in [-0.39, 0.29) is 30.9 Å². The van der Waals surface area contributed by atoms with Gasteiger partial charge in [0, 0.05) is 25.3 Å². The molecule has 3 saturated heterocycles. The molecule has 1 spiro atoms. The topological polar surface area (TPSA) is 90.4 Å². The average molecular weight is 676 g/mol. The highest BCUT2D eigenvalue weighted by Gasteiger charge is 2.79. The van der Waals surface area contributed by atoms with Crippen LogP contribution in [0.4, 0.5) is 5.69 Å². The molecule has 0 aromatic heterocycles. The number of carbonyl (C=O) groups excluding carboxylic acids is 3. The maximum Gasteiger partial charge on any atom is 0.253 e. The molecule has 3 aromatic rings. The number of anilines is 1. The van der Waals surface area contributed by atoms with Crippen LogP contribution in [-0.2, 0) is 32.1 Å². The molecule has 6 atom stereocenters. The summed E-state index contributed by atoms with van der Waals surface area (Å²) in [6.07, 6.45) is 5.25. The van der Waals surface area contributed by atoms with Gasteiger partial charge in [-0.2, -0.15) is 0 Å². The van der Waals surface area contributed by atoms with Crippen LogP contribution in [0.3, 0.4) is 0 Å². The van der Waals surface area contributed by atoms with Gasteiger partial charge < -0.3 is 24.5 Å². The van der Waals surface area contributed by atoms with Crippen LogP contribution in [0.2, 0.25) is 0 Å². The Bertz CT molecular complexity index is 1720. The second kappa shape index (κ2) is 14.4. The summed E-state index contributed by atoms with van der Waals surface area (Å²) in [4.78, 5) is 50.5. The quantitative estimate of drug-likeness (QED) is 0.219. The molecule has 8 heteroatoms. The van der Waals surface area contributed by atoms with Crippen LogP contribution in [-0.4, -0.2) is 75.6 Å². The van der Waals surface area contributed by atoms with Gasteiger partial charge in [-0.15, -0.1) is 13.2 Å². The van der Waals surface area contributed by atoms with Gasteiger partial charge in [-0.25, -0.2) is 0 Å². The first-order valence-electron chi connectivity index (χ1n) is 17.8. The summed E-state index contributed by atoms with van der Waals surface area (Å²) >= 11 is 0. The van der Waals surface area contributed by atoms with E-state index in [9.17, 15) is 9.90 Å². The zero-order valence-electron chi connectivity index (χ0n) is 29.5. The number of hydrogen-bond acceptors (Lipinski definition) is 5. The van der Waals surface area contributed by atoms with Gasteiger partial charge in [0.05, 0.1) is 30.1 Å². The van der Waals surface area contributed by atoms with Crippen molar-refractivity contribution in [2.75, 3.05) is 24.6 Å². The number of likely N-dealkylation sites (tertiary alicyclic amines) is 1. The normalized spacial score (nSPS) is 25.6. The SMILES string of the molecule is C=CCN(Cc1ccccc1)C(=O)[C@@H]1[C@H]2C(=O)N([C@@H](CO)Cc3ccccc3)C(C(=O)N(CC=C)c3c(C)cccc3C)C23CC[C@@]1(CC)O3. The first-order valence-corrected chi connectivity index (χ1v) is 17.8. The van der Waals surface area contributed by atoms with Crippen molar-refractivity contribution in [3.63, 3.8) is 0 Å². The summed E-state index contributed by atoms with van der Waals surface area (Å²) in [5.74, 6) is -2.48. The molecule has 1 N–H and O–H groups in total. The summed E-state index contributed by atoms with van der Waals surface area (Å²) < 4.78 is 7.15. The van der Waals surface area contributed by atoms with E-state index in [1.807, 2.05) is 99.6 Å². The number of hydrogen-bond donors (Lipinski definition) is 1. The number of para-hydroxylation sites is 1. The highest BCUT2D eigenvalue weighted by Crippen LogP contribution is 2.65. The fourth-order valence-electron chi connectivity index (χ4n) is 9.03. The van der Waals surface area contributed by atoms with Crippen molar-refractivity contribution in [2.24, 2.45) is 11.8 Å². The number of aliphatic hydroxyl groups excluding tert-OH is 1. The molecule has 8 nitrogen and oxygen atoms in total. The maximum absolute atomic E-state index is 15.4. The van der Waals surface area contributed by atoms with Crippen molar-refractivity contribution in [3.05, 3.63) is 126 Å². The van der Waals surface area contributed by atoms with E-state index < -0.39 is 35.1 Å². The zero-order chi connectivity index (χ0) is 35.6. The molecule has 0 radical (unpaired) electrons. The van der Waals surface area contributed by atoms with Gasteiger partial charge in [0.2, 0.25) is 11.8 Å². The fraction of sp³-hybridized carbons (Fsp3) is 0.405. The Balaban J connectivity index is 1.49. The van der Waals surface area contributed by atoms with Gasteiger partial charge in [0.1, 0.15) is 11.6 Å². The first-order chi connectivity index (χ1) is 24.2. The molecule has 0 aliphatic carbocycles. The Labute approximate surface area is 296 Å². The van der Waals surface area contributed by atoms with E-state index in [0.29, 0.717) is 38.8 Å². The highest BCUT2D eigenvalue weighted by molar-refractivity contribution is 6.06. The molecule has 262 valence electrons. The summed E-state index contributed by atoms with van der Waals surface area (Å²) in [5, 5.41) is 11.0. The zero-order valence-corrected chi connectivity index (χ0v) is 29.5. The van der Waals surface area contributed by atoms with Crippen molar-refractivity contribution in [2.45, 2.75) is 76.3 Å². The van der Waals surface area contributed by atoms with Gasteiger partial charge in [-0.1, -0.05) is 97.9 Å². The highest BCUT2D eigenvalue weighted by atomic mass is 16.5. The minimum Gasteiger partial charge on any atom is -0.394 e. The molecule has 3 fully saturated rings. The van der Waals surface area contributed by atoms with Gasteiger partial charge >= 0.3 is 0 Å². The van der Waals surface area contributed by atoms with Crippen LogP contribution in [0, 0.1) is 25.7 Å². The number of aryl methyl sites for hydroxylation is 2. The molecule has 6 rings (SSSR count). The van der Waals surface area contributed by atoms with Crippen molar-refractivity contribution < 1.29 is 24.2 Å². The Hall–Kier alpha value is -4.53. The molecule has 3 heterocycles.